The number of halogens is 2. The lowest BCUT2D eigenvalue weighted by molar-refractivity contribution is -0.0505. The summed E-state index contributed by atoms with van der Waals surface area (Å²) in [5, 5.41) is 6.14. The summed E-state index contributed by atoms with van der Waals surface area (Å²) in [7, 11) is 3.10. The van der Waals surface area contributed by atoms with E-state index in [2.05, 4.69) is 25.3 Å². The van der Waals surface area contributed by atoms with E-state index in [0.29, 0.717) is 35.5 Å². The van der Waals surface area contributed by atoms with Gasteiger partial charge in [0, 0.05) is 24.7 Å². The van der Waals surface area contributed by atoms with Crippen LogP contribution in [-0.2, 0) is 13.1 Å². The van der Waals surface area contributed by atoms with E-state index in [1.165, 1.54) is 13.2 Å². The number of hydrogen-bond donors (Lipinski definition) is 2. The van der Waals surface area contributed by atoms with Crippen LogP contribution in [0.5, 0.6) is 11.5 Å². The van der Waals surface area contributed by atoms with Crippen LogP contribution in [0.25, 0.3) is 11.3 Å². The van der Waals surface area contributed by atoms with Gasteiger partial charge in [-0.2, -0.15) is 8.78 Å². The Bertz CT molecular complexity index is 1020. The van der Waals surface area contributed by atoms with Gasteiger partial charge >= 0.3 is 6.61 Å². The Kier molecular flexibility index (Phi) is 7.42. The standard InChI is InChI=1S/C22H24F2N4O3/c1-14-4-6-15(7-5-14)19-12-26-20(30-19)13-28-22(25-2)27-11-16-10-17(29-3)8-9-18(16)31-21(23)24/h4-10,12,21H,11,13H2,1-3H3,(H2,25,27,28). The van der Waals surface area contributed by atoms with Gasteiger partial charge in [0.2, 0.25) is 5.89 Å². The molecule has 1 heterocycles. The van der Waals surface area contributed by atoms with Gasteiger partial charge in [0.05, 0.1) is 19.9 Å². The number of alkyl halides is 2. The van der Waals surface area contributed by atoms with Crippen molar-refractivity contribution in [2.24, 2.45) is 4.99 Å². The molecule has 9 heteroatoms. The lowest BCUT2D eigenvalue weighted by atomic mass is 10.1. The highest BCUT2D eigenvalue weighted by Gasteiger charge is 2.12. The number of aromatic nitrogens is 1. The minimum Gasteiger partial charge on any atom is -0.497 e. The largest absolute Gasteiger partial charge is 0.497 e. The van der Waals surface area contributed by atoms with Crippen molar-refractivity contribution in [3.05, 3.63) is 65.7 Å². The molecule has 3 aromatic rings. The van der Waals surface area contributed by atoms with E-state index < -0.39 is 6.61 Å². The van der Waals surface area contributed by atoms with Crippen LogP contribution in [0.4, 0.5) is 8.78 Å². The number of aryl methyl sites for hydroxylation is 1. The van der Waals surface area contributed by atoms with Gasteiger partial charge in [-0.3, -0.25) is 4.99 Å². The van der Waals surface area contributed by atoms with E-state index >= 15 is 0 Å². The highest BCUT2D eigenvalue weighted by Crippen LogP contribution is 2.25. The van der Waals surface area contributed by atoms with Crippen molar-refractivity contribution in [3.8, 4) is 22.8 Å². The molecule has 0 atom stereocenters. The van der Waals surface area contributed by atoms with Gasteiger partial charge in [-0.1, -0.05) is 29.8 Å². The van der Waals surface area contributed by atoms with E-state index in [9.17, 15) is 8.78 Å². The number of benzene rings is 2. The molecule has 0 saturated carbocycles. The fourth-order valence-electron chi connectivity index (χ4n) is 2.83. The van der Waals surface area contributed by atoms with Crippen LogP contribution in [0.3, 0.4) is 0 Å². The van der Waals surface area contributed by atoms with Crippen LogP contribution in [-0.4, -0.2) is 31.7 Å². The average molecular weight is 430 g/mol. The number of methoxy groups -OCH3 is 1. The average Bonchev–Trinajstić information content (AvgIpc) is 3.24. The Labute approximate surface area is 179 Å². The van der Waals surface area contributed by atoms with E-state index in [-0.39, 0.29) is 12.3 Å². The first-order valence-electron chi connectivity index (χ1n) is 9.56. The van der Waals surface area contributed by atoms with Crippen LogP contribution in [0, 0.1) is 6.92 Å². The number of nitrogens with zero attached hydrogens (tertiary/aromatic N) is 2. The molecule has 0 spiro atoms. The van der Waals surface area contributed by atoms with E-state index in [4.69, 9.17) is 9.15 Å². The lowest BCUT2D eigenvalue weighted by Gasteiger charge is -2.15. The maximum Gasteiger partial charge on any atom is 0.387 e. The first kappa shape index (κ1) is 22.1. The van der Waals surface area contributed by atoms with Crippen molar-refractivity contribution in [2.45, 2.75) is 26.6 Å². The number of rotatable bonds is 8. The summed E-state index contributed by atoms with van der Waals surface area (Å²) in [5.41, 5.74) is 2.61. The topological polar surface area (TPSA) is 80.9 Å². The third-order valence-corrected chi connectivity index (χ3v) is 4.45. The molecule has 0 aliphatic carbocycles. The van der Waals surface area contributed by atoms with Gasteiger partial charge in [0.15, 0.2) is 11.7 Å². The summed E-state index contributed by atoms with van der Waals surface area (Å²) in [5.74, 6) is 2.20. The number of ether oxygens (including phenoxy) is 2. The van der Waals surface area contributed by atoms with Crippen LogP contribution < -0.4 is 20.1 Å². The summed E-state index contributed by atoms with van der Waals surface area (Å²) in [4.78, 5) is 8.41. The van der Waals surface area contributed by atoms with Crippen LogP contribution in [0.2, 0.25) is 0 Å². The molecule has 3 rings (SSSR count). The van der Waals surface area contributed by atoms with Gasteiger partial charge in [-0.25, -0.2) is 4.98 Å². The molecule has 1 aromatic heterocycles. The van der Waals surface area contributed by atoms with Crippen LogP contribution in [0.15, 0.2) is 58.1 Å². The maximum atomic E-state index is 12.7. The molecular formula is C22H24F2N4O3. The van der Waals surface area contributed by atoms with Crippen molar-refractivity contribution >= 4 is 5.96 Å². The zero-order valence-corrected chi connectivity index (χ0v) is 17.5. The van der Waals surface area contributed by atoms with Crippen molar-refractivity contribution < 1.29 is 22.7 Å². The van der Waals surface area contributed by atoms with Crippen molar-refractivity contribution in [3.63, 3.8) is 0 Å². The minimum atomic E-state index is -2.92. The Morgan fingerprint density at radius 3 is 2.55 bits per heavy atom. The molecule has 7 nitrogen and oxygen atoms in total. The number of oxazole rings is 1. The molecule has 2 aromatic carbocycles. The smallest absolute Gasteiger partial charge is 0.387 e. The Morgan fingerprint density at radius 1 is 1.13 bits per heavy atom. The second-order valence-corrected chi connectivity index (χ2v) is 6.62. The molecule has 0 saturated heterocycles. The van der Waals surface area contributed by atoms with Gasteiger partial charge < -0.3 is 24.5 Å². The number of hydrogen-bond acceptors (Lipinski definition) is 5. The SMILES string of the molecule is CN=C(NCc1ncc(-c2ccc(C)cc2)o1)NCc1cc(OC)ccc1OC(F)F. The quantitative estimate of drug-likeness (QED) is 0.413. The zero-order valence-electron chi connectivity index (χ0n) is 17.5. The van der Waals surface area contributed by atoms with Crippen LogP contribution >= 0.6 is 0 Å². The summed E-state index contributed by atoms with van der Waals surface area (Å²) in [6.45, 7) is -0.410. The first-order chi connectivity index (χ1) is 15.0. The zero-order chi connectivity index (χ0) is 22.2. The maximum absolute atomic E-state index is 12.7. The molecule has 0 bridgehead atoms. The molecule has 0 fully saturated rings. The molecule has 31 heavy (non-hydrogen) atoms. The lowest BCUT2D eigenvalue weighted by Crippen LogP contribution is -2.36. The fourth-order valence-corrected chi connectivity index (χ4v) is 2.83. The Balaban J connectivity index is 1.60. The molecule has 2 N–H and O–H groups in total. The van der Waals surface area contributed by atoms with Crippen molar-refractivity contribution in [1.29, 1.82) is 0 Å². The summed E-state index contributed by atoms with van der Waals surface area (Å²) >= 11 is 0. The highest BCUT2D eigenvalue weighted by molar-refractivity contribution is 5.79. The third-order valence-electron chi connectivity index (χ3n) is 4.45. The predicted octanol–water partition coefficient (Wildman–Crippen LogP) is 4.13. The van der Waals surface area contributed by atoms with Crippen molar-refractivity contribution in [1.82, 2.24) is 15.6 Å². The third kappa shape index (κ3) is 6.18. The van der Waals surface area contributed by atoms with Crippen molar-refractivity contribution in [2.75, 3.05) is 14.2 Å². The van der Waals surface area contributed by atoms with E-state index in [0.717, 1.165) is 11.1 Å². The van der Waals surface area contributed by atoms with Gasteiger partial charge in [-0.05, 0) is 25.1 Å². The van der Waals surface area contributed by atoms with E-state index in [1.807, 2.05) is 31.2 Å². The number of nitrogens with one attached hydrogen (secondary N) is 2. The number of guanidine groups is 1. The monoisotopic (exact) mass is 430 g/mol. The Hall–Kier alpha value is -3.62. The molecule has 0 radical (unpaired) electrons. The summed E-state index contributed by atoms with van der Waals surface area (Å²) in [6, 6.07) is 12.6. The highest BCUT2D eigenvalue weighted by atomic mass is 19.3. The summed E-state index contributed by atoms with van der Waals surface area (Å²) in [6.07, 6.45) is 1.67. The molecule has 0 unspecified atom stereocenters. The molecule has 164 valence electrons. The molecule has 0 aliphatic heterocycles. The van der Waals surface area contributed by atoms with E-state index in [1.54, 1.807) is 25.4 Å². The second-order valence-electron chi connectivity index (χ2n) is 6.62. The van der Waals surface area contributed by atoms with Gasteiger partial charge in [0.25, 0.3) is 0 Å². The minimum absolute atomic E-state index is 0.0641. The van der Waals surface area contributed by atoms with Gasteiger partial charge in [-0.15, -0.1) is 0 Å². The Morgan fingerprint density at radius 2 is 1.87 bits per heavy atom. The number of aliphatic imine (C=N–C) groups is 1. The predicted molar refractivity (Wildman–Crippen MR) is 113 cm³/mol. The normalized spacial score (nSPS) is 11.5. The molecular weight excluding hydrogens is 406 g/mol. The summed E-state index contributed by atoms with van der Waals surface area (Å²) < 4.78 is 40.9. The van der Waals surface area contributed by atoms with Crippen LogP contribution in [0.1, 0.15) is 17.0 Å². The molecule has 0 aliphatic rings. The molecule has 0 amide bonds. The second kappa shape index (κ2) is 10.4. The first-order valence-corrected chi connectivity index (χ1v) is 9.56. The fraction of sp³-hybridized carbons (Fsp3) is 0.273. The van der Waals surface area contributed by atoms with Gasteiger partial charge in [0.1, 0.15) is 11.5 Å².